The Bertz CT molecular complexity index is 511. The molecular weight excluding hydrogens is 266 g/mol. The summed E-state index contributed by atoms with van der Waals surface area (Å²) < 4.78 is 9.72. The van der Waals surface area contributed by atoms with E-state index < -0.39 is 17.5 Å². The van der Waals surface area contributed by atoms with Gasteiger partial charge in [0.05, 0.1) is 12.8 Å². The highest BCUT2D eigenvalue weighted by Crippen LogP contribution is 2.27. The van der Waals surface area contributed by atoms with Crippen LogP contribution in [0.1, 0.15) is 36.0 Å². The summed E-state index contributed by atoms with van der Waals surface area (Å²) >= 11 is 1.17. The lowest BCUT2D eigenvalue weighted by Crippen LogP contribution is -2.22. The second kappa shape index (κ2) is 5.88. The predicted octanol–water partition coefficient (Wildman–Crippen LogP) is 2.47. The van der Waals surface area contributed by atoms with E-state index in [-0.39, 0.29) is 0 Å². The van der Waals surface area contributed by atoms with E-state index in [0.717, 1.165) is 0 Å². The molecule has 0 saturated carbocycles. The van der Waals surface area contributed by atoms with Gasteiger partial charge in [0.1, 0.15) is 10.5 Å². The van der Waals surface area contributed by atoms with Crippen LogP contribution in [0.25, 0.3) is 6.08 Å². The number of rotatable bonds is 3. The minimum Gasteiger partial charge on any atom is -0.465 e. The monoisotopic (exact) mass is 283 g/mol. The lowest BCUT2D eigenvalue weighted by molar-refractivity contribution is -0.148. The van der Waals surface area contributed by atoms with Gasteiger partial charge in [-0.15, -0.1) is 11.3 Å². The van der Waals surface area contributed by atoms with Crippen LogP contribution < -0.4 is 5.73 Å². The van der Waals surface area contributed by atoms with Crippen LogP contribution in [0.3, 0.4) is 0 Å². The van der Waals surface area contributed by atoms with Crippen LogP contribution in [0.15, 0.2) is 11.5 Å². The molecule has 0 radical (unpaired) electrons. The number of carbonyl (C=O) groups is 2. The quantitative estimate of drug-likeness (QED) is 0.681. The minimum atomic E-state index is -0.543. The van der Waals surface area contributed by atoms with Crippen LogP contribution in [0.2, 0.25) is 0 Å². The van der Waals surface area contributed by atoms with Gasteiger partial charge in [0.2, 0.25) is 0 Å². The van der Waals surface area contributed by atoms with Gasteiger partial charge in [-0.05, 0) is 26.8 Å². The van der Waals surface area contributed by atoms with Gasteiger partial charge in [0, 0.05) is 17.0 Å². The molecule has 5 nitrogen and oxygen atoms in total. The first-order chi connectivity index (χ1) is 8.74. The van der Waals surface area contributed by atoms with Crippen LogP contribution >= 0.6 is 11.3 Å². The average Bonchev–Trinajstić information content (AvgIpc) is 2.65. The summed E-state index contributed by atoms with van der Waals surface area (Å²) in [5, 5.41) is 1.68. The third-order valence-electron chi connectivity index (χ3n) is 2.04. The molecule has 19 heavy (non-hydrogen) atoms. The molecule has 1 aromatic heterocycles. The maximum absolute atomic E-state index is 11.5. The van der Waals surface area contributed by atoms with Crippen molar-refractivity contribution in [2.24, 2.45) is 0 Å². The SMILES string of the molecule is COC(=O)c1scc(/C=C/C(=O)OC(C)(C)C)c1N. The first-order valence-electron chi connectivity index (χ1n) is 5.61. The van der Waals surface area contributed by atoms with Crippen molar-refractivity contribution in [2.45, 2.75) is 26.4 Å². The summed E-state index contributed by atoms with van der Waals surface area (Å²) in [6, 6.07) is 0. The lowest BCUT2D eigenvalue weighted by Gasteiger charge is -2.17. The summed E-state index contributed by atoms with van der Waals surface area (Å²) in [7, 11) is 1.29. The van der Waals surface area contributed by atoms with Crippen molar-refractivity contribution in [3.05, 3.63) is 21.9 Å². The molecule has 6 heteroatoms. The summed E-state index contributed by atoms with van der Waals surface area (Å²) in [5.41, 5.74) is 6.15. The van der Waals surface area contributed by atoms with E-state index in [1.165, 1.54) is 30.6 Å². The van der Waals surface area contributed by atoms with Gasteiger partial charge >= 0.3 is 11.9 Å². The molecule has 0 aliphatic carbocycles. The Morgan fingerprint density at radius 3 is 2.53 bits per heavy atom. The molecule has 0 atom stereocenters. The molecule has 1 rings (SSSR count). The highest BCUT2D eigenvalue weighted by molar-refractivity contribution is 7.12. The smallest absolute Gasteiger partial charge is 0.350 e. The summed E-state index contributed by atoms with van der Waals surface area (Å²) in [6.07, 6.45) is 2.80. The molecule has 0 unspecified atom stereocenters. The third kappa shape index (κ3) is 4.40. The number of nitrogen functional groups attached to an aromatic ring is 1. The second-order valence-corrected chi connectivity index (χ2v) is 5.67. The van der Waals surface area contributed by atoms with Gasteiger partial charge in [-0.1, -0.05) is 0 Å². The van der Waals surface area contributed by atoms with E-state index >= 15 is 0 Å². The van der Waals surface area contributed by atoms with Gasteiger partial charge in [0.25, 0.3) is 0 Å². The fourth-order valence-corrected chi connectivity index (χ4v) is 2.13. The number of hydrogen-bond acceptors (Lipinski definition) is 6. The molecule has 2 N–H and O–H groups in total. The zero-order valence-corrected chi connectivity index (χ0v) is 12.2. The van der Waals surface area contributed by atoms with Crippen molar-refractivity contribution < 1.29 is 19.1 Å². The molecule has 0 spiro atoms. The zero-order valence-electron chi connectivity index (χ0n) is 11.4. The number of carbonyl (C=O) groups excluding carboxylic acids is 2. The van der Waals surface area contributed by atoms with Crippen LogP contribution in [0.4, 0.5) is 5.69 Å². The highest BCUT2D eigenvalue weighted by atomic mass is 32.1. The molecule has 0 amide bonds. The first-order valence-corrected chi connectivity index (χ1v) is 6.49. The van der Waals surface area contributed by atoms with Crippen molar-refractivity contribution in [2.75, 3.05) is 12.8 Å². The molecule has 0 fully saturated rings. The predicted molar refractivity (Wildman–Crippen MR) is 74.9 cm³/mol. The average molecular weight is 283 g/mol. The largest absolute Gasteiger partial charge is 0.465 e. The van der Waals surface area contributed by atoms with E-state index in [9.17, 15) is 9.59 Å². The van der Waals surface area contributed by atoms with E-state index in [1.807, 2.05) is 0 Å². The topological polar surface area (TPSA) is 78.6 Å². The Morgan fingerprint density at radius 2 is 2.00 bits per heavy atom. The van der Waals surface area contributed by atoms with Crippen molar-refractivity contribution in [3.8, 4) is 0 Å². The standard InChI is InChI=1S/C13H17NO4S/c1-13(2,3)18-9(15)6-5-8-7-19-11(10(8)14)12(16)17-4/h5-7H,14H2,1-4H3/b6-5+. The number of anilines is 1. The Balaban J connectivity index is 2.81. The Morgan fingerprint density at radius 1 is 1.37 bits per heavy atom. The van der Waals surface area contributed by atoms with E-state index in [4.69, 9.17) is 10.5 Å². The Kier molecular flexibility index (Phi) is 4.72. The van der Waals surface area contributed by atoms with Crippen LogP contribution in [0.5, 0.6) is 0 Å². The summed E-state index contributed by atoms with van der Waals surface area (Å²) in [4.78, 5) is 23.2. The minimum absolute atomic E-state index is 0.302. The highest BCUT2D eigenvalue weighted by Gasteiger charge is 2.16. The van der Waals surface area contributed by atoms with Gasteiger partial charge < -0.3 is 15.2 Å². The molecule has 0 bridgehead atoms. The first kappa shape index (κ1) is 15.2. The van der Waals surface area contributed by atoms with E-state index in [1.54, 1.807) is 26.2 Å². The van der Waals surface area contributed by atoms with Gasteiger partial charge in [0.15, 0.2) is 0 Å². The number of methoxy groups -OCH3 is 1. The summed E-state index contributed by atoms with van der Waals surface area (Å²) in [5.74, 6) is -0.947. The summed E-state index contributed by atoms with van der Waals surface area (Å²) in [6.45, 7) is 5.35. The number of thiophene rings is 1. The van der Waals surface area contributed by atoms with Gasteiger partial charge in [-0.25, -0.2) is 9.59 Å². The fourth-order valence-electron chi connectivity index (χ4n) is 1.25. The van der Waals surface area contributed by atoms with Crippen molar-refractivity contribution in [1.82, 2.24) is 0 Å². The molecule has 0 aromatic carbocycles. The molecular formula is C13H17NO4S. The molecule has 1 heterocycles. The molecule has 0 aliphatic rings. The zero-order chi connectivity index (χ0) is 14.6. The fraction of sp³-hybridized carbons (Fsp3) is 0.385. The third-order valence-corrected chi connectivity index (χ3v) is 3.03. The number of ether oxygens (including phenoxy) is 2. The van der Waals surface area contributed by atoms with Crippen LogP contribution in [0, 0.1) is 0 Å². The van der Waals surface area contributed by atoms with Crippen molar-refractivity contribution >= 4 is 35.0 Å². The number of nitrogens with two attached hydrogens (primary N) is 1. The van der Waals surface area contributed by atoms with Crippen molar-refractivity contribution in [3.63, 3.8) is 0 Å². The second-order valence-electron chi connectivity index (χ2n) is 4.79. The number of esters is 2. The van der Waals surface area contributed by atoms with Gasteiger partial charge in [-0.3, -0.25) is 0 Å². The Hall–Kier alpha value is -1.82. The number of hydrogen-bond donors (Lipinski definition) is 1. The molecule has 1 aromatic rings. The van der Waals surface area contributed by atoms with E-state index in [2.05, 4.69) is 4.74 Å². The molecule has 0 saturated heterocycles. The van der Waals surface area contributed by atoms with E-state index in [0.29, 0.717) is 16.1 Å². The van der Waals surface area contributed by atoms with Crippen molar-refractivity contribution in [1.29, 1.82) is 0 Å². The van der Waals surface area contributed by atoms with Crippen LogP contribution in [-0.4, -0.2) is 24.6 Å². The molecule has 0 aliphatic heterocycles. The maximum atomic E-state index is 11.5. The normalized spacial score (nSPS) is 11.6. The lowest BCUT2D eigenvalue weighted by atomic mass is 10.2. The Labute approximate surface area is 116 Å². The maximum Gasteiger partial charge on any atom is 0.350 e. The van der Waals surface area contributed by atoms with Crippen LogP contribution in [-0.2, 0) is 14.3 Å². The molecule has 104 valence electrons. The van der Waals surface area contributed by atoms with Gasteiger partial charge in [-0.2, -0.15) is 0 Å².